The van der Waals surface area contributed by atoms with E-state index in [0.717, 1.165) is 12.8 Å². The molecule has 0 aromatic carbocycles. The summed E-state index contributed by atoms with van der Waals surface area (Å²) < 4.78 is 5.40. The third-order valence-corrected chi connectivity index (χ3v) is 4.83. The third kappa shape index (κ3) is 2.40. The molecule has 3 fully saturated rings. The predicted molar refractivity (Wildman–Crippen MR) is 74.2 cm³/mol. The number of carbonyl (C=O) groups is 3. The molecule has 3 aliphatic rings. The average Bonchev–Trinajstić information content (AvgIpc) is 2.46. The number of ether oxygens (including phenoxy) is 1. The second kappa shape index (κ2) is 4.71. The Morgan fingerprint density at radius 3 is 2.00 bits per heavy atom. The molecule has 2 heterocycles. The molecule has 1 N–H and O–H groups in total. The summed E-state index contributed by atoms with van der Waals surface area (Å²) in [7, 11) is 0. The monoisotopic (exact) mass is 294 g/mol. The molecule has 116 valence electrons. The Kier molecular flexibility index (Phi) is 3.22. The van der Waals surface area contributed by atoms with Crippen LogP contribution in [0.15, 0.2) is 0 Å². The number of nitrogens with zero attached hydrogens (tertiary/aromatic N) is 1. The lowest BCUT2D eigenvalue weighted by molar-refractivity contribution is -0.136. The van der Waals surface area contributed by atoms with Gasteiger partial charge in [0, 0.05) is 13.1 Å². The van der Waals surface area contributed by atoms with Crippen molar-refractivity contribution in [2.75, 3.05) is 13.1 Å². The van der Waals surface area contributed by atoms with E-state index in [-0.39, 0.29) is 41.6 Å². The summed E-state index contributed by atoms with van der Waals surface area (Å²) in [5.41, 5.74) is -0.505. The summed E-state index contributed by atoms with van der Waals surface area (Å²) >= 11 is 0. The predicted octanol–water partition coefficient (Wildman–Crippen LogP) is 1.15. The van der Waals surface area contributed by atoms with Gasteiger partial charge in [0.25, 0.3) is 0 Å². The summed E-state index contributed by atoms with van der Waals surface area (Å²) in [4.78, 5) is 37.4. The van der Waals surface area contributed by atoms with Gasteiger partial charge in [0.2, 0.25) is 11.8 Å². The number of carbonyl (C=O) groups excluding carboxylic acids is 3. The van der Waals surface area contributed by atoms with Crippen LogP contribution in [-0.2, 0) is 14.3 Å². The van der Waals surface area contributed by atoms with Crippen LogP contribution in [0.2, 0.25) is 0 Å². The first-order valence-electron chi connectivity index (χ1n) is 7.60. The van der Waals surface area contributed by atoms with Crippen LogP contribution in [0.25, 0.3) is 0 Å². The molecule has 3 rings (SSSR count). The Morgan fingerprint density at radius 2 is 1.57 bits per heavy atom. The Hall–Kier alpha value is -1.59. The molecule has 0 unspecified atom stereocenters. The summed E-state index contributed by atoms with van der Waals surface area (Å²) in [5, 5.41) is 2.44. The second-order valence-corrected chi connectivity index (χ2v) is 7.28. The molecule has 0 aromatic rings. The Bertz CT molecular complexity index is 466. The Labute approximate surface area is 124 Å². The van der Waals surface area contributed by atoms with E-state index in [2.05, 4.69) is 5.32 Å². The van der Waals surface area contributed by atoms with Gasteiger partial charge in [-0.3, -0.25) is 14.9 Å². The van der Waals surface area contributed by atoms with Crippen LogP contribution >= 0.6 is 0 Å². The highest BCUT2D eigenvalue weighted by atomic mass is 16.6. The third-order valence-electron chi connectivity index (χ3n) is 4.83. The number of hydrogen-bond acceptors (Lipinski definition) is 4. The molecule has 2 aliphatic heterocycles. The van der Waals surface area contributed by atoms with Gasteiger partial charge in [-0.05, 0) is 45.4 Å². The summed E-state index contributed by atoms with van der Waals surface area (Å²) in [5.74, 6) is -0.126. The highest BCUT2D eigenvalue weighted by Crippen LogP contribution is 2.53. The zero-order valence-corrected chi connectivity index (χ0v) is 12.7. The molecular formula is C15H22N2O4. The molecule has 6 heteroatoms. The molecule has 0 bridgehead atoms. The highest BCUT2D eigenvalue weighted by molar-refractivity contribution is 6.06. The van der Waals surface area contributed by atoms with Gasteiger partial charge in [0.05, 0.1) is 11.8 Å². The maximum atomic E-state index is 12.1. The van der Waals surface area contributed by atoms with Crippen molar-refractivity contribution in [2.45, 2.75) is 39.2 Å². The van der Waals surface area contributed by atoms with Crippen molar-refractivity contribution in [3.8, 4) is 0 Å². The SMILES string of the molecule is CC(C)(C)OC(=O)N1CC[C@@H]2[C@H](CC1)[C@H]1C(=O)NC(=O)[C@@H]21. The zero-order valence-electron chi connectivity index (χ0n) is 12.7. The van der Waals surface area contributed by atoms with Crippen LogP contribution in [0.1, 0.15) is 33.6 Å². The average molecular weight is 294 g/mol. The van der Waals surface area contributed by atoms with Gasteiger partial charge >= 0.3 is 6.09 Å². The van der Waals surface area contributed by atoms with Crippen LogP contribution in [0.4, 0.5) is 4.79 Å². The van der Waals surface area contributed by atoms with Crippen molar-refractivity contribution in [2.24, 2.45) is 23.7 Å². The van der Waals surface area contributed by atoms with Gasteiger partial charge in [0.1, 0.15) is 5.60 Å². The minimum absolute atomic E-state index is 0.128. The molecule has 6 nitrogen and oxygen atoms in total. The number of amides is 3. The van der Waals surface area contributed by atoms with Crippen LogP contribution in [-0.4, -0.2) is 41.5 Å². The van der Waals surface area contributed by atoms with Crippen LogP contribution < -0.4 is 5.32 Å². The number of rotatable bonds is 0. The fourth-order valence-corrected chi connectivity index (χ4v) is 3.94. The van der Waals surface area contributed by atoms with Crippen LogP contribution in [0.3, 0.4) is 0 Å². The van der Waals surface area contributed by atoms with Crippen LogP contribution in [0.5, 0.6) is 0 Å². The molecule has 0 spiro atoms. The number of fused-ring (bicyclic) bond motifs is 4. The van der Waals surface area contributed by atoms with Gasteiger partial charge in [0.15, 0.2) is 0 Å². The van der Waals surface area contributed by atoms with Crippen molar-refractivity contribution in [1.29, 1.82) is 0 Å². The first kappa shape index (κ1) is 14.4. The molecular weight excluding hydrogens is 272 g/mol. The van der Waals surface area contributed by atoms with E-state index in [1.165, 1.54) is 0 Å². The van der Waals surface area contributed by atoms with Crippen LogP contribution in [0, 0.1) is 23.7 Å². The lowest BCUT2D eigenvalue weighted by Crippen LogP contribution is -2.48. The van der Waals surface area contributed by atoms with E-state index >= 15 is 0 Å². The van der Waals surface area contributed by atoms with Gasteiger partial charge < -0.3 is 9.64 Å². The number of hydrogen-bond donors (Lipinski definition) is 1. The van der Waals surface area contributed by atoms with E-state index in [4.69, 9.17) is 4.74 Å². The lowest BCUT2D eigenvalue weighted by Gasteiger charge is -2.44. The molecule has 2 saturated heterocycles. The molecule has 0 radical (unpaired) electrons. The normalized spacial score (nSPS) is 35.3. The Balaban J connectivity index is 1.65. The highest BCUT2D eigenvalue weighted by Gasteiger charge is 2.61. The molecule has 1 saturated carbocycles. The smallest absolute Gasteiger partial charge is 0.410 e. The van der Waals surface area contributed by atoms with E-state index < -0.39 is 5.60 Å². The quantitative estimate of drug-likeness (QED) is 0.680. The number of nitrogens with one attached hydrogen (secondary N) is 1. The van der Waals surface area contributed by atoms with Crippen molar-refractivity contribution in [1.82, 2.24) is 10.2 Å². The van der Waals surface area contributed by atoms with E-state index in [0.29, 0.717) is 13.1 Å². The van der Waals surface area contributed by atoms with Gasteiger partial charge in [-0.25, -0.2) is 4.79 Å². The topological polar surface area (TPSA) is 75.7 Å². The molecule has 1 aliphatic carbocycles. The summed E-state index contributed by atoms with van der Waals surface area (Å²) in [6, 6.07) is 0. The van der Waals surface area contributed by atoms with E-state index in [9.17, 15) is 14.4 Å². The van der Waals surface area contributed by atoms with Gasteiger partial charge in [-0.2, -0.15) is 0 Å². The second-order valence-electron chi connectivity index (χ2n) is 7.28. The van der Waals surface area contributed by atoms with Gasteiger partial charge in [-0.1, -0.05) is 0 Å². The molecule has 21 heavy (non-hydrogen) atoms. The number of imide groups is 1. The standard InChI is InChI=1S/C15H22N2O4/c1-15(2,3)21-14(20)17-6-4-8-9(5-7-17)11-10(8)12(18)16-13(11)19/h8-11H,4-7H2,1-3H3,(H,16,18,19)/t8-,9+,10+,11-. The largest absolute Gasteiger partial charge is 0.444 e. The minimum atomic E-state index is -0.505. The van der Waals surface area contributed by atoms with Gasteiger partial charge in [-0.15, -0.1) is 0 Å². The van der Waals surface area contributed by atoms with E-state index in [1.807, 2.05) is 20.8 Å². The number of likely N-dealkylation sites (tertiary alicyclic amines) is 1. The minimum Gasteiger partial charge on any atom is -0.444 e. The summed E-state index contributed by atoms with van der Waals surface area (Å²) in [6.45, 7) is 6.74. The maximum absolute atomic E-state index is 12.1. The van der Waals surface area contributed by atoms with Crippen molar-refractivity contribution in [3.05, 3.63) is 0 Å². The lowest BCUT2D eigenvalue weighted by atomic mass is 9.56. The Morgan fingerprint density at radius 1 is 1.10 bits per heavy atom. The first-order valence-corrected chi connectivity index (χ1v) is 7.60. The molecule has 4 atom stereocenters. The molecule has 3 amide bonds. The van der Waals surface area contributed by atoms with Crippen molar-refractivity contribution < 1.29 is 19.1 Å². The fraction of sp³-hybridized carbons (Fsp3) is 0.800. The fourth-order valence-electron chi connectivity index (χ4n) is 3.94. The van der Waals surface area contributed by atoms with E-state index in [1.54, 1.807) is 4.90 Å². The van der Waals surface area contributed by atoms with Crippen molar-refractivity contribution in [3.63, 3.8) is 0 Å². The maximum Gasteiger partial charge on any atom is 0.410 e. The molecule has 0 aromatic heterocycles. The zero-order chi connectivity index (χ0) is 15.4. The van der Waals surface area contributed by atoms with Crippen molar-refractivity contribution >= 4 is 17.9 Å². The first-order chi connectivity index (χ1) is 9.78. The summed E-state index contributed by atoms with van der Waals surface area (Å²) in [6.07, 6.45) is 1.24.